The van der Waals surface area contributed by atoms with Gasteiger partial charge in [0.05, 0.1) is 0 Å². The number of benzene rings is 3. The molecule has 1 aromatic heterocycles. The van der Waals surface area contributed by atoms with Crippen LogP contribution >= 0.6 is 11.3 Å². The third-order valence-corrected chi connectivity index (χ3v) is 5.61. The van der Waals surface area contributed by atoms with E-state index >= 15 is 0 Å². The van der Waals surface area contributed by atoms with E-state index < -0.39 is 0 Å². The second kappa shape index (κ2) is 5.21. The highest BCUT2D eigenvalue weighted by atomic mass is 32.1. The fraction of sp³-hybridized carbons (Fsp3) is 0.182. The Balaban J connectivity index is 1.84. The highest BCUT2D eigenvalue weighted by Gasteiger charge is 2.13. The zero-order valence-corrected chi connectivity index (χ0v) is 14.6. The number of hydrogen-bond donors (Lipinski definition) is 0. The lowest BCUT2D eigenvalue weighted by atomic mass is 9.86. The van der Waals surface area contributed by atoms with Gasteiger partial charge in [0.1, 0.15) is 0 Å². The first-order valence-electron chi connectivity index (χ1n) is 8.04. The van der Waals surface area contributed by atoms with Crippen molar-refractivity contribution >= 4 is 31.5 Å². The van der Waals surface area contributed by atoms with Gasteiger partial charge in [0.15, 0.2) is 0 Å². The van der Waals surface area contributed by atoms with Gasteiger partial charge in [0.25, 0.3) is 0 Å². The molecule has 0 fully saturated rings. The Morgan fingerprint density at radius 2 is 1.30 bits per heavy atom. The molecule has 3 aromatic carbocycles. The van der Waals surface area contributed by atoms with Crippen LogP contribution in [0.1, 0.15) is 26.3 Å². The molecule has 4 aromatic rings. The molecule has 114 valence electrons. The summed E-state index contributed by atoms with van der Waals surface area (Å²) in [6, 6.07) is 24.5. The summed E-state index contributed by atoms with van der Waals surface area (Å²) in [6.07, 6.45) is 0. The monoisotopic (exact) mass is 316 g/mol. The molecule has 0 aliphatic rings. The van der Waals surface area contributed by atoms with Crippen LogP contribution in [0.4, 0.5) is 0 Å². The smallest absolute Gasteiger partial charge is 0.0355 e. The number of fused-ring (bicyclic) bond motifs is 3. The van der Waals surface area contributed by atoms with E-state index in [0.29, 0.717) is 0 Å². The Kier molecular flexibility index (Phi) is 3.28. The van der Waals surface area contributed by atoms with Gasteiger partial charge in [0.2, 0.25) is 0 Å². The van der Waals surface area contributed by atoms with Crippen molar-refractivity contribution in [1.82, 2.24) is 0 Å². The van der Waals surface area contributed by atoms with Gasteiger partial charge in [-0.1, -0.05) is 69.3 Å². The van der Waals surface area contributed by atoms with Gasteiger partial charge < -0.3 is 0 Å². The Morgan fingerprint density at radius 3 is 2.04 bits per heavy atom. The molecule has 0 bridgehead atoms. The van der Waals surface area contributed by atoms with E-state index in [2.05, 4.69) is 87.5 Å². The lowest BCUT2D eigenvalue weighted by Gasteiger charge is -2.19. The van der Waals surface area contributed by atoms with Gasteiger partial charge in [-0.25, -0.2) is 0 Å². The summed E-state index contributed by atoms with van der Waals surface area (Å²) in [5, 5.41) is 2.73. The van der Waals surface area contributed by atoms with Gasteiger partial charge in [0, 0.05) is 20.2 Å². The van der Waals surface area contributed by atoms with Crippen molar-refractivity contribution in [1.29, 1.82) is 0 Å². The van der Waals surface area contributed by atoms with E-state index in [1.165, 1.54) is 36.9 Å². The summed E-state index contributed by atoms with van der Waals surface area (Å²) in [5.41, 5.74) is 4.16. The van der Waals surface area contributed by atoms with Crippen molar-refractivity contribution in [2.45, 2.75) is 26.2 Å². The quantitative estimate of drug-likeness (QED) is 0.354. The molecule has 0 N–H and O–H groups in total. The number of rotatable bonds is 1. The average Bonchev–Trinajstić information content (AvgIpc) is 2.92. The lowest BCUT2D eigenvalue weighted by molar-refractivity contribution is 0.590. The fourth-order valence-electron chi connectivity index (χ4n) is 3.07. The van der Waals surface area contributed by atoms with Gasteiger partial charge in [-0.05, 0) is 40.3 Å². The van der Waals surface area contributed by atoms with Crippen LogP contribution in [0.2, 0.25) is 0 Å². The first-order valence-corrected chi connectivity index (χ1v) is 8.86. The molecule has 1 heterocycles. The maximum absolute atomic E-state index is 2.33. The van der Waals surface area contributed by atoms with Gasteiger partial charge in [-0.3, -0.25) is 0 Å². The summed E-state index contributed by atoms with van der Waals surface area (Å²) in [4.78, 5) is 0. The molecule has 0 spiro atoms. The number of hydrogen-bond acceptors (Lipinski definition) is 1. The van der Waals surface area contributed by atoms with Crippen molar-refractivity contribution in [2.24, 2.45) is 0 Å². The highest BCUT2D eigenvalue weighted by Crippen LogP contribution is 2.36. The van der Waals surface area contributed by atoms with Crippen molar-refractivity contribution in [3.63, 3.8) is 0 Å². The Morgan fingerprint density at radius 1 is 0.652 bits per heavy atom. The van der Waals surface area contributed by atoms with Gasteiger partial charge in [-0.2, -0.15) is 0 Å². The summed E-state index contributed by atoms with van der Waals surface area (Å²) >= 11 is 1.87. The molecule has 0 nitrogen and oxygen atoms in total. The van der Waals surface area contributed by atoms with E-state index in [0.717, 1.165) is 0 Å². The first kappa shape index (κ1) is 14.5. The van der Waals surface area contributed by atoms with E-state index in [9.17, 15) is 0 Å². The molecule has 0 aliphatic heterocycles. The zero-order valence-electron chi connectivity index (χ0n) is 13.8. The second-order valence-corrected chi connectivity index (χ2v) is 8.22. The van der Waals surface area contributed by atoms with E-state index in [4.69, 9.17) is 0 Å². The second-order valence-electron chi connectivity index (χ2n) is 7.14. The van der Waals surface area contributed by atoms with Crippen LogP contribution in [0.25, 0.3) is 31.3 Å². The minimum Gasteiger partial charge on any atom is -0.135 e. The molecule has 1 heteroatoms. The van der Waals surface area contributed by atoms with Crippen LogP contribution < -0.4 is 0 Å². The third kappa shape index (κ3) is 2.55. The summed E-state index contributed by atoms with van der Waals surface area (Å²) in [6.45, 7) is 6.77. The molecule has 0 saturated carbocycles. The normalized spacial score (nSPS) is 12.1. The summed E-state index contributed by atoms with van der Waals surface area (Å²) in [5.74, 6) is 0. The van der Waals surface area contributed by atoms with Crippen LogP contribution in [0, 0.1) is 0 Å². The van der Waals surface area contributed by atoms with E-state index in [1.807, 2.05) is 11.3 Å². The predicted molar refractivity (Wildman–Crippen MR) is 103 cm³/mol. The molecule has 0 amide bonds. The van der Waals surface area contributed by atoms with Crippen molar-refractivity contribution in [3.05, 3.63) is 72.3 Å². The Hall–Kier alpha value is -2.12. The van der Waals surface area contributed by atoms with Crippen molar-refractivity contribution in [2.75, 3.05) is 0 Å². The average molecular weight is 316 g/mol. The van der Waals surface area contributed by atoms with E-state index in [1.54, 1.807) is 0 Å². The van der Waals surface area contributed by atoms with Crippen molar-refractivity contribution in [3.8, 4) is 11.1 Å². The third-order valence-electron chi connectivity index (χ3n) is 4.46. The molecular weight excluding hydrogens is 296 g/mol. The Bertz CT molecular complexity index is 982. The fourth-order valence-corrected chi connectivity index (χ4v) is 4.15. The molecule has 0 atom stereocenters. The Labute approximate surface area is 141 Å². The van der Waals surface area contributed by atoms with Crippen LogP contribution in [0.3, 0.4) is 0 Å². The minimum absolute atomic E-state index is 0.200. The van der Waals surface area contributed by atoms with Crippen molar-refractivity contribution < 1.29 is 0 Å². The van der Waals surface area contributed by atoms with E-state index in [-0.39, 0.29) is 5.41 Å². The molecule has 0 unspecified atom stereocenters. The molecule has 0 radical (unpaired) electrons. The largest absolute Gasteiger partial charge is 0.135 e. The zero-order chi connectivity index (χ0) is 16.0. The summed E-state index contributed by atoms with van der Waals surface area (Å²) in [7, 11) is 0. The standard InChI is InChI=1S/C22H20S/c1-22(2,3)17-11-8-15(9-12-17)16-10-13-21-19(14-16)18-6-4-5-7-20(18)23-21/h4-14H,1-3H3. The molecular formula is C22H20S. The van der Waals surface area contributed by atoms with Crippen LogP contribution in [-0.4, -0.2) is 0 Å². The van der Waals surface area contributed by atoms with Crippen LogP contribution in [0.5, 0.6) is 0 Å². The van der Waals surface area contributed by atoms with Crippen LogP contribution in [-0.2, 0) is 5.41 Å². The molecule has 4 rings (SSSR count). The lowest BCUT2D eigenvalue weighted by Crippen LogP contribution is -2.10. The maximum Gasteiger partial charge on any atom is 0.0355 e. The van der Waals surface area contributed by atoms with Gasteiger partial charge >= 0.3 is 0 Å². The summed E-state index contributed by atoms with van der Waals surface area (Å²) < 4.78 is 2.73. The highest BCUT2D eigenvalue weighted by molar-refractivity contribution is 7.25. The molecule has 0 saturated heterocycles. The topological polar surface area (TPSA) is 0 Å². The first-order chi connectivity index (χ1) is 11.0. The van der Waals surface area contributed by atoms with Crippen LogP contribution in [0.15, 0.2) is 66.7 Å². The minimum atomic E-state index is 0.200. The maximum atomic E-state index is 2.33. The number of thiophene rings is 1. The SMILES string of the molecule is CC(C)(C)c1ccc(-c2ccc3sc4ccccc4c3c2)cc1. The predicted octanol–water partition coefficient (Wildman–Crippen LogP) is 7.02. The molecule has 0 aliphatic carbocycles. The van der Waals surface area contributed by atoms with Gasteiger partial charge in [-0.15, -0.1) is 11.3 Å². The molecule has 23 heavy (non-hydrogen) atoms.